The van der Waals surface area contributed by atoms with E-state index in [0.29, 0.717) is 12.1 Å². The third-order valence-electron chi connectivity index (χ3n) is 3.11. The van der Waals surface area contributed by atoms with E-state index in [-0.39, 0.29) is 20.9 Å². The van der Waals surface area contributed by atoms with Crippen molar-refractivity contribution in [3.05, 3.63) is 28.8 Å². The van der Waals surface area contributed by atoms with E-state index in [1.807, 2.05) is 6.92 Å². The fraction of sp³-hybridized carbons (Fsp3) is 0.417. The molecule has 2 rings (SSSR count). The van der Waals surface area contributed by atoms with Gasteiger partial charge in [-0.2, -0.15) is 16.1 Å². The Labute approximate surface area is 133 Å². The minimum atomic E-state index is -3.63. The minimum Gasteiger partial charge on any atom is -0.389 e. The summed E-state index contributed by atoms with van der Waals surface area (Å²) in [4.78, 5) is 0.226. The summed E-state index contributed by atoms with van der Waals surface area (Å²) in [6.45, 7) is 2.39. The van der Waals surface area contributed by atoms with Crippen LogP contribution in [0.5, 0.6) is 0 Å². The van der Waals surface area contributed by atoms with E-state index in [4.69, 9.17) is 29.6 Å². The van der Waals surface area contributed by atoms with E-state index in [1.54, 1.807) is 17.8 Å². The Morgan fingerprint density at radius 2 is 2.25 bits per heavy atom. The van der Waals surface area contributed by atoms with E-state index in [1.165, 1.54) is 16.4 Å². The van der Waals surface area contributed by atoms with Crippen molar-refractivity contribution in [2.45, 2.75) is 17.9 Å². The van der Waals surface area contributed by atoms with Gasteiger partial charge in [0.15, 0.2) is 0 Å². The fourth-order valence-corrected chi connectivity index (χ4v) is 5.53. The van der Waals surface area contributed by atoms with Crippen molar-refractivity contribution in [3.8, 4) is 0 Å². The number of benzene rings is 1. The highest BCUT2D eigenvalue weighted by Gasteiger charge is 2.32. The van der Waals surface area contributed by atoms with E-state index < -0.39 is 10.0 Å². The molecule has 0 saturated carbocycles. The van der Waals surface area contributed by atoms with Crippen LogP contribution in [-0.2, 0) is 10.0 Å². The molecule has 0 aromatic heterocycles. The van der Waals surface area contributed by atoms with Crippen LogP contribution in [0, 0.1) is 0 Å². The van der Waals surface area contributed by atoms with Crippen molar-refractivity contribution in [1.82, 2.24) is 4.31 Å². The van der Waals surface area contributed by atoms with Crippen LogP contribution in [0.15, 0.2) is 23.1 Å². The highest BCUT2D eigenvalue weighted by Crippen LogP contribution is 2.29. The first-order chi connectivity index (χ1) is 9.34. The van der Waals surface area contributed by atoms with Crippen molar-refractivity contribution in [1.29, 1.82) is 0 Å². The van der Waals surface area contributed by atoms with Crippen molar-refractivity contribution < 1.29 is 8.42 Å². The number of thioether (sulfide) groups is 1. The van der Waals surface area contributed by atoms with Gasteiger partial charge >= 0.3 is 0 Å². The van der Waals surface area contributed by atoms with Crippen molar-refractivity contribution >= 4 is 50.6 Å². The van der Waals surface area contributed by atoms with E-state index in [9.17, 15) is 8.42 Å². The molecule has 1 heterocycles. The molecule has 1 fully saturated rings. The summed E-state index contributed by atoms with van der Waals surface area (Å²) >= 11 is 12.7. The first-order valence-electron chi connectivity index (χ1n) is 6.03. The Bertz CT molecular complexity index is 634. The molecular weight excluding hydrogens is 336 g/mol. The van der Waals surface area contributed by atoms with E-state index in [2.05, 4.69) is 0 Å². The van der Waals surface area contributed by atoms with Gasteiger partial charge in [-0.1, -0.05) is 29.9 Å². The SMILES string of the molecule is CC1CSCCN1S(=O)(=O)c1cc(C(N)=S)ccc1Cl. The topological polar surface area (TPSA) is 63.4 Å². The molecule has 0 aliphatic carbocycles. The molecule has 2 N–H and O–H groups in total. The minimum absolute atomic E-state index is 0.0525. The van der Waals surface area contributed by atoms with Crippen molar-refractivity contribution in [2.24, 2.45) is 5.73 Å². The normalized spacial score (nSPS) is 20.8. The summed E-state index contributed by atoms with van der Waals surface area (Å²) in [6.07, 6.45) is 0. The molecule has 0 bridgehead atoms. The van der Waals surface area contributed by atoms with Gasteiger partial charge in [-0.3, -0.25) is 0 Å². The monoisotopic (exact) mass is 350 g/mol. The summed E-state index contributed by atoms with van der Waals surface area (Å²) in [5.41, 5.74) is 6.06. The molecule has 1 saturated heterocycles. The van der Waals surface area contributed by atoms with Gasteiger partial charge in [-0.05, 0) is 19.1 Å². The average molecular weight is 351 g/mol. The molecule has 20 heavy (non-hydrogen) atoms. The lowest BCUT2D eigenvalue weighted by atomic mass is 10.2. The van der Waals surface area contributed by atoms with Crippen LogP contribution in [0.4, 0.5) is 0 Å². The highest BCUT2D eigenvalue weighted by atomic mass is 35.5. The molecule has 0 radical (unpaired) electrons. The summed E-state index contributed by atoms with van der Waals surface area (Å²) in [7, 11) is -3.63. The van der Waals surface area contributed by atoms with Crippen LogP contribution in [0.25, 0.3) is 0 Å². The van der Waals surface area contributed by atoms with Crippen LogP contribution < -0.4 is 5.73 Å². The van der Waals surface area contributed by atoms with Crippen molar-refractivity contribution in [3.63, 3.8) is 0 Å². The number of hydrogen-bond acceptors (Lipinski definition) is 4. The number of nitrogens with two attached hydrogens (primary N) is 1. The van der Waals surface area contributed by atoms with Gasteiger partial charge in [0.2, 0.25) is 10.0 Å². The molecule has 4 nitrogen and oxygen atoms in total. The van der Waals surface area contributed by atoms with Gasteiger partial charge in [0, 0.05) is 29.7 Å². The first-order valence-corrected chi connectivity index (χ1v) is 9.41. The van der Waals surface area contributed by atoms with Crippen molar-refractivity contribution in [2.75, 3.05) is 18.1 Å². The van der Waals surface area contributed by atoms with Gasteiger partial charge in [0.25, 0.3) is 0 Å². The molecule has 110 valence electrons. The highest BCUT2D eigenvalue weighted by molar-refractivity contribution is 7.99. The Morgan fingerprint density at radius 1 is 1.55 bits per heavy atom. The van der Waals surface area contributed by atoms with Crippen LogP contribution in [0.2, 0.25) is 5.02 Å². The molecule has 0 spiro atoms. The summed E-state index contributed by atoms with van der Waals surface area (Å²) < 4.78 is 27.0. The number of halogens is 1. The molecule has 1 aromatic carbocycles. The number of nitrogens with zero attached hydrogens (tertiary/aromatic N) is 1. The zero-order chi connectivity index (χ0) is 14.9. The lowest BCUT2D eigenvalue weighted by molar-refractivity contribution is 0.367. The third kappa shape index (κ3) is 3.12. The fourth-order valence-electron chi connectivity index (χ4n) is 2.05. The first kappa shape index (κ1) is 16.0. The van der Waals surface area contributed by atoms with E-state index in [0.717, 1.165) is 11.5 Å². The summed E-state index contributed by atoms with van der Waals surface area (Å²) in [5, 5.41) is 0.190. The maximum atomic E-state index is 12.7. The quantitative estimate of drug-likeness (QED) is 0.846. The molecule has 1 unspecified atom stereocenters. The largest absolute Gasteiger partial charge is 0.389 e. The standard InChI is InChI=1S/C12H15ClN2O2S3/c1-8-7-19-5-4-15(8)20(16,17)11-6-9(12(14)18)2-3-10(11)13/h2-3,6,8H,4-5,7H2,1H3,(H2,14,18). The number of sulfonamides is 1. The number of thiocarbonyl (C=S) groups is 1. The van der Waals surface area contributed by atoms with Crippen LogP contribution in [0.1, 0.15) is 12.5 Å². The molecular formula is C12H15ClN2O2S3. The maximum Gasteiger partial charge on any atom is 0.244 e. The molecule has 0 amide bonds. The number of rotatable bonds is 3. The second kappa shape index (κ2) is 6.19. The van der Waals surface area contributed by atoms with Gasteiger partial charge < -0.3 is 5.73 Å². The zero-order valence-corrected chi connectivity index (χ0v) is 14.1. The van der Waals surface area contributed by atoms with Crippen LogP contribution in [0.3, 0.4) is 0 Å². The third-order valence-corrected chi connectivity index (χ3v) is 7.03. The predicted octanol–water partition coefficient (Wildman–Crippen LogP) is 2.10. The van der Waals surface area contributed by atoms with Gasteiger partial charge in [0.1, 0.15) is 9.88 Å². The van der Waals surface area contributed by atoms with Gasteiger partial charge in [-0.15, -0.1) is 0 Å². The lowest BCUT2D eigenvalue weighted by Crippen LogP contribution is -2.44. The lowest BCUT2D eigenvalue weighted by Gasteiger charge is -2.32. The predicted molar refractivity (Wildman–Crippen MR) is 88.0 cm³/mol. The Morgan fingerprint density at radius 3 is 2.85 bits per heavy atom. The average Bonchev–Trinajstić information content (AvgIpc) is 2.39. The Balaban J connectivity index is 2.48. The molecule has 8 heteroatoms. The number of hydrogen-bond donors (Lipinski definition) is 1. The summed E-state index contributed by atoms with van der Waals surface area (Å²) in [6, 6.07) is 4.54. The van der Waals surface area contributed by atoms with Crippen LogP contribution >= 0.6 is 35.6 Å². The zero-order valence-electron chi connectivity index (χ0n) is 10.9. The smallest absolute Gasteiger partial charge is 0.244 e. The van der Waals surface area contributed by atoms with Crippen LogP contribution in [-0.4, -0.2) is 41.8 Å². The summed E-state index contributed by atoms with van der Waals surface area (Å²) in [5.74, 6) is 1.57. The molecule has 1 aliphatic heterocycles. The van der Waals surface area contributed by atoms with Gasteiger partial charge in [0.05, 0.1) is 5.02 Å². The Hall–Kier alpha value is -0.340. The molecule has 1 aromatic rings. The Kier molecular flexibility index (Phi) is 4.96. The molecule has 1 atom stereocenters. The second-order valence-electron chi connectivity index (χ2n) is 4.55. The maximum absolute atomic E-state index is 12.7. The second-order valence-corrected chi connectivity index (χ2v) is 8.40. The molecule has 1 aliphatic rings. The van der Waals surface area contributed by atoms with E-state index >= 15 is 0 Å². The van der Waals surface area contributed by atoms with Gasteiger partial charge in [-0.25, -0.2) is 8.42 Å².